The van der Waals surface area contributed by atoms with E-state index in [1.54, 1.807) is 16.7 Å². The van der Waals surface area contributed by atoms with Crippen molar-refractivity contribution in [3.05, 3.63) is 57.5 Å². The zero-order valence-electron chi connectivity index (χ0n) is 13.7. The summed E-state index contributed by atoms with van der Waals surface area (Å²) in [6.45, 7) is 2.73. The van der Waals surface area contributed by atoms with Gasteiger partial charge in [-0.05, 0) is 49.4 Å². The minimum Gasteiger partial charge on any atom is -0.325 e. The Kier molecular flexibility index (Phi) is 3.96. The molecule has 1 atom stereocenters. The number of pyridine rings is 1. The Morgan fingerprint density at radius 1 is 1.25 bits per heavy atom. The first-order valence-electron chi connectivity index (χ1n) is 8.46. The molecular weight excluding hydrogens is 320 g/mol. The number of amides is 1. The van der Waals surface area contributed by atoms with Gasteiger partial charge in [0.2, 0.25) is 0 Å². The second-order valence-corrected chi connectivity index (χ2v) is 8.02. The van der Waals surface area contributed by atoms with Crippen molar-refractivity contribution in [2.45, 2.75) is 42.8 Å². The topological polar surface area (TPSA) is 53.2 Å². The fourth-order valence-electron chi connectivity index (χ4n) is 3.56. The number of hydrogen-bond acceptors (Lipinski definition) is 3. The molecule has 1 aliphatic heterocycles. The summed E-state index contributed by atoms with van der Waals surface area (Å²) in [6, 6.07) is 9.74. The van der Waals surface area contributed by atoms with Gasteiger partial charge in [0, 0.05) is 22.4 Å². The van der Waals surface area contributed by atoms with Gasteiger partial charge in [-0.1, -0.05) is 19.1 Å². The molecule has 1 aliphatic carbocycles. The van der Waals surface area contributed by atoms with Crippen LogP contribution in [0.3, 0.4) is 0 Å². The summed E-state index contributed by atoms with van der Waals surface area (Å²) < 4.78 is 0. The normalized spacial score (nSPS) is 19.5. The van der Waals surface area contributed by atoms with E-state index in [2.05, 4.69) is 11.9 Å². The van der Waals surface area contributed by atoms with E-state index in [1.165, 1.54) is 0 Å². The number of thioether (sulfide) groups is 1. The number of para-hydroxylation sites is 1. The number of nitrogens with zero attached hydrogens (tertiary/aromatic N) is 1. The Morgan fingerprint density at radius 2 is 2.04 bits per heavy atom. The number of carbonyl (C=O) groups excluding carboxylic acids is 1. The zero-order chi connectivity index (χ0) is 16.7. The minimum absolute atomic E-state index is 0.191. The highest BCUT2D eigenvalue weighted by Crippen LogP contribution is 2.38. The molecule has 0 saturated heterocycles. The van der Waals surface area contributed by atoms with Crippen LogP contribution in [-0.2, 0) is 12.8 Å². The van der Waals surface area contributed by atoms with Crippen LogP contribution in [-0.4, -0.2) is 22.7 Å². The minimum atomic E-state index is -0.260. The van der Waals surface area contributed by atoms with Crippen LogP contribution in [0.5, 0.6) is 0 Å². The maximum Gasteiger partial charge on any atom is 0.263 e. The SMILES string of the molecule is CC1CN(C(=O)c2cc3c([nH]c2=O)CCCC3)c2ccccc2S1. The third kappa shape index (κ3) is 2.67. The van der Waals surface area contributed by atoms with Crippen molar-refractivity contribution in [1.82, 2.24) is 4.98 Å². The average Bonchev–Trinajstić information content (AvgIpc) is 2.59. The lowest BCUT2D eigenvalue weighted by molar-refractivity contribution is 0.0984. The number of nitrogens with one attached hydrogen (secondary N) is 1. The first-order valence-corrected chi connectivity index (χ1v) is 9.34. The van der Waals surface area contributed by atoms with Crippen LogP contribution in [0.15, 0.2) is 40.0 Å². The van der Waals surface area contributed by atoms with Crippen molar-refractivity contribution in [2.75, 3.05) is 11.4 Å². The number of aromatic amines is 1. The van der Waals surface area contributed by atoms with Gasteiger partial charge in [0.1, 0.15) is 5.56 Å². The third-order valence-corrected chi connectivity index (χ3v) is 5.89. The van der Waals surface area contributed by atoms with Gasteiger partial charge in [0.15, 0.2) is 0 Å². The smallest absolute Gasteiger partial charge is 0.263 e. The second-order valence-electron chi connectivity index (χ2n) is 6.53. The van der Waals surface area contributed by atoms with E-state index >= 15 is 0 Å². The zero-order valence-corrected chi connectivity index (χ0v) is 14.5. The molecule has 2 heterocycles. The van der Waals surface area contributed by atoms with Gasteiger partial charge in [-0.25, -0.2) is 0 Å². The van der Waals surface area contributed by atoms with Crippen molar-refractivity contribution >= 4 is 23.4 Å². The van der Waals surface area contributed by atoms with Crippen molar-refractivity contribution < 1.29 is 4.79 Å². The van der Waals surface area contributed by atoms with E-state index in [0.717, 1.165) is 47.5 Å². The lowest BCUT2D eigenvalue weighted by Gasteiger charge is -2.32. The lowest BCUT2D eigenvalue weighted by Crippen LogP contribution is -2.41. The molecule has 0 radical (unpaired) electrons. The average molecular weight is 340 g/mol. The van der Waals surface area contributed by atoms with Crippen LogP contribution in [0.1, 0.15) is 41.4 Å². The summed E-state index contributed by atoms with van der Waals surface area (Å²) >= 11 is 1.78. The van der Waals surface area contributed by atoms with Crippen LogP contribution in [0.2, 0.25) is 0 Å². The molecular formula is C19H20N2O2S. The summed E-state index contributed by atoms with van der Waals surface area (Å²) in [5, 5.41) is 0.306. The highest BCUT2D eigenvalue weighted by Gasteiger charge is 2.29. The van der Waals surface area contributed by atoms with Crippen molar-refractivity contribution in [1.29, 1.82) is 0 Å². The number of aromatic nitrogens is 1. The Balaban J connectivity index is 1.76. The third-order valence-electron chi connectivity index (χ3n) is 4.74. The fraction of sp³-hybridized carbons (Fsp3) is 0.368. The molecule has 1 unspecified atom stereocenters. The number of benzene rings is 1. The number of carbonyl (C=O) groups is 1. The van der Waals surface area contributed by atoms with Gasteiger partial charge in [0.05, 0.1) is 5.69 Å². The van der Waals surface area contributed by atoms with Gasteiger partial charge in [0.25, 0.3) is 11.5 Å². The largest absolute Gasteiger partial charge is 0.325 e. The van der Waals surface area contributed by atoms with Crippen LogP contribution in [0.4, 0.5) is 5.69 Å². The van der Waals surface area contributed by atoms with Crippen molar-refractivity contribution in [3.8, 4) is 0 Å². The van der Waals surface area contributed by atoms with Crippen molar-refractivity contribution in [3.63, 3.8) is 0 Å². The molecule has 5 heteroatoms. The molecule has 1 aromatic heterocycles. The standard InChI is InChI=1S/C19H20N2O2S/c1-12-11-21(16-8-4-5-9-17(16)24-12)19(23)14-10-13-6-2-3-7-15(13)20-18(14)22/h4-5,8-10,12H,2-3,6-7,11H2,1H3,(H,20,22). The first kappa shape index (κ1) is 15.5. The Bertz CT molecular complexity index is 859. The molecule has 4 rings (SSSR count). The highest BCUT2D eigenvalue weighted by atomic mass is 32.2. The molecule has 0 spiro atoms. The summed E-state index contributed by atoms with van der Waals surface area (Å²) in [5.74, 6) is -0.191. The maximum absolute atomic E-state index is 13.1. The van der Waals surface area contributed by atoms with Crippen LogP contribution in [0.25, 0.3) is 0 Å². The number of H-pyrrole nitrogens is 1. The van der Waals surface area contributed by atoms with Gasteiger partial charge in [-0.3, -0.25) is 9.59 Å². The van der Waals surface area contributed by atoms with Crippen LogP contribution >= 0.6 is 11.8 Å². The van der Waals surface area contributed by atoms with Gasteiger partial charge >= 0.3 is 0 Å². The summed E-state index contributed by atoms with van der Waals surface area (Å²) in [6.07, 6.45) is 4.06. The summed E-state index contributed by atoms with van der Waals surface area (Å²) in [7, 11) is 0. The predicted octanol–water partition coefficient (Wildman–Crippen LogP) is 3.39. The van der Waals surface area contributed by atoms with E-state index in [0.29, 0.717) is 11.8 Å². The number of rotatable bonds is 1. The molecule has 124 valence electrons. The van der Waals surface area contributed by atoms with E-state index in [1.807, 2.05) is 30.3 Å². The van der Waals surface area contributed by atoms with Gasteiger partial charge in [-0.2, -0.15) is 0 Å². The quantitative estimate of drug-likeness (QED) is 0.866. The number of aryl methyl sites for hydroxylation is 2. The molecule has 1 aromatic carbocycles. The molecule has 24 heavy (non-hydrogen) atoms. The molecule has 0 saturated carbocycles. The molecule has 4 nitrogen and oxygen atoms in total. The monoisotopic (exact) mass is 340 g/mol. The maximum atomic E-state index is 13.1. The summed E-state index contributed by atoms with van der Waals surface area (Å²) in [5.41, 5.74) is 3.04. The highest BCUT2D eigenvalue weighted by molar-refractivity contribution is 8.00. The van der Waals surface area contributed by atoms with E-state index in [9.17, 15) is 9.59 Å². The van der Waals surface area contributed by atoms with Crippen LogP contribution in [0, 0.1) is 0 Å². The number of hydrogen-bond donors (Lipinski definition) is 1. The van der Waals surface area contributed by atoms with Gasteiger partial charge in [-0.15, -0.1) is 11.8 Å². The second kappa shape index (κ2) is 6.13. The van der Waals surface area contributed by atoms with Gasteiger partial charge < -0.3 is 9.88 Å². The number of anilines is 1. The predicted molar refractivity (Wildman–Crippen MR) is 97.1 cm³/mol. The van der Waals surface area contributed by atoms with E-state index < -0.39 is 0 Å². The molecule has 1 N–H and O–H groups in total. The summed E-state index contributed by atoms with van der Waals surface area (Å²) in [4.78, 5) is 31.4. The van der Waals surface area contributed by atoms with Crippen LogP contribution < -0.4 is 10.5 Å². The fourth-order valence-corrected chi connectivity index (χ4v) is 4.67. The molecule has 2 aliphatic rings. The molecule has 2 aromatic rings. The Hall–Kier alpha value is -2.01. The van der Waals surface area contributed by atoms with E-state index in [4.69, 9.17) is 0 Å². The Labute approximate surface area is 145 Å². The Morgan fingerprint density at radius 3 is 2.92 bits per heavy atom. The number of fused-ring (bicyclic) bond motifs is 2. The first-order chi connectivity index (χ1) is 11.6. The molecule has 1 amide bonds. The molecule has 0 bridgehead atoms. The molecule has 0 fully saturated rings. The van der Waals surface area contributed by atoms with E-state index in [-0.39, 0.29) is 17.0 Å². The lowest BCUT2D eigenvalue weighted by atomic mass is 9.95. The van der Waals surface area contributed by atoms with Crippen molar-refractivity contribution in [2.24, 2.45) is 0 Å².